The molecule has 0 aromatic rings. The van der Waals surface area contributed by atoms with Crippen LogP contribution < -0.4 is 5.32 Å². The van der Waals surface area contributed by atoms with Crippen LogP contribution in [0.2, 0.25) is 0 Å². The largest absolute Gasteiger partial charge is 0.392 e. The van der Waals surface area contributed by atoms with E-state index >= 15 is 0 Å². The van der Waals surface area contributed by atoms with Crippen LogP contribution in [0, 0.1) is 5.41 Å². The summed E-state index contributed by atoms with van der Waals surface area (Å²) in [5.74, 6) is 0. The molecule has 14 heavy (non-hydrogen) atoms. The average Bonchev–Trinajstić information content (AvgIpc) is 1.94. The second-order valence-electron chi connectivity index (χ2n) is 5.33. The number of aliphatic hydroxyl groups excluding tert-OH is 1. The molecule has 0 aliphatic carbocycles. The molecular formula is C12H25NO. The minimum atomic E-state index is -0.236. The molecule has 1 unspecified atom stereocenters. The highest BCUT2D eigenvalue weighted by atomic mass is 16.3. The average molecular weight is 199 g/mol. The predicted molar refractivity (Wildman–Crippen MR) is 62.4 cm³/mol. The van der Waals surface area contributed by atoms with Crippen LogP contribution in [0.25, 0.3) is 0 Å². The molecule has 2 N–H and O–H groups in total. The van der Waals surface area contributed by atoms with Gasteiger partial charge in [0.05, 0.1) is 6.10 Å². The fraction of sp³-hybridized carbons (Fsp3) is 0.833. The monoisotopic (exact) mass is 199 g/mol. The van der Waals surface area contributed by atoms with Crippen LogP contribution in [-0.4, -0.2) is 24.3 Å². The minimum absolute atomic E-state index is 0.204. The van der Waals surface area contributed by atoms with Gasteiger partial charge in [0, 0.05) is 6.54 Å². The SMILES string of the molecule is C=C(C)CCNCC(O)CC(C)(C)C. The summed E-state index contributed by atoms with van der Waals surface area (Å²) >= 11 is 0. The molecule has 0 amide bonds. The molecule has 0 aliphatic rings. The highest BCUT2D eigenvalue weighted by molar-refractivity contribution is 4.88. The third-order valence-corrected chi connectivity index (χ3v) is 1.96. The Morgan fingerprint density at radius 2 is 2.00 bits per heavy atom. The molecule has 0 radical (unpaired) electrons. The van der Waals surface area contributed by atoms with Crippen LogP contribution in [0.5, 0.6) is 0 Å². The summed E-state index contributed by atoms with van der Waals surface area (Å²) in [4.78, 5) is 0. The quantitative estimate of drug-likeness (QED) is 0.508. The van der Waals surface area contributed by atoms with Gasteiger partial charge in [0.1, 0.15) is 0 Å². The van der Waals surface area contributed by atoms with Crippen LogP contribution in [-0.2, 0) is 0 Å². The van der Waals surface area contributed by atoms with Crippen LogP contribution >= 0.6 is 0 Å². The van der Waals surface area contributed by atoms with E-state index in [0.29, 0.717) is 6.54 Å². The van der Waals surface area contributed by atoms with Crippen molar-refractivity contribution < 1.29 is 5.11 Å². The third kappa shape index (κ3) is 9.75. The summed E-state index contributed by atoms with van der Waals surface area (Å²) in [7, 11) is 0. The lowest BCUT2D eigenvalue weighted by atomic mass is 9.89. The van der Waals surface area contributed by atoms with Gasteiger partial charge in [0.15, 0.2) is 0 Å². The van der Waals surface area contributed by atoms with Gasteiger partial charge in [0.2, 0.25) is 0 Å². The van der Waals surface area contributed by atoms with Gasteiger partial charge in [-0.15, -0.1) is 6.58 Å². The third-order valence-electron chi connectivity index (χ3n) is 1.96. The Kier molecular flexibility index (Phi) is 6.05. The first-order chi connectivity index (χ1) is 6.31. The Morgan fingerprint density at radius 1 is 1.43 bits per heavy atom. The zero-order valence-electron chi connectivity index (χ0n) is 10.1. The van der Waals surface area contributed by atoms with Gasteiger partial charge < -0.3 is 10.4 Å². The lowest BCUT2D eigenvalue weighted by Gasteiger charge is -2.22. The van der Waals surface area contributed by atoms with Crippen molar-refractivity contribution in [3.8, 4) is 0 Å². The molecule has 0 rings (SSSR count). The van der Waals surface area contributed by atoms with E-state index in [1.807, 2.05) is 6.92 Å². The molecule has 0 aromatic carbocycles. The number of hydrogen-bond donors (Lipinski definition) is 2. The first kappa shape index (κ1) is 13.7. The topological polar surface area (TPSA) is 32.3 Å². The van der Waals surface area contributed by atoms with E-state index < -0.39 is 0 Å². The molecule has 1 atom stereocenters. The predicted octanol–water partition coefficient (Wildman–Crippen LogP) is 2.34. The van der Waals surface area contributed by atoms with Crippen molar-refractivity contribution in [2.45, 2.75) is 46.6 Å². The molecule has 0 aliphatic heterocycles. The van der Waals surface area contributed by atoms with Gasteiger partial charge in [-0.05, 0) is 31.7 Å². The van der Waals surface area contributed by atoms with Crippen molar-refractivity contribution in [2.24, 2.45) is 5.41 Å². The summed E-state index contributed by atoms with van der Waals surface area (Å²) in [5, 5.41) is 12.9. The Balaban J connectivity index is 3.45. The van der Waals surface area contributed by atoms with Crippen molar-refractivity contribution in [3.63, 3.8) is 0 Å². The molecule has 0 aromatic heterocycles. The zero-order chi connectivity index (χ0) is 11.2. The van der Waals surface area contributed by atoms with E-state index in [9.17, 15) is 5.11 Å². The van der Waals surface area contributed by atoms with Crippen molar-refractivity contribution in [2.75, 3.05) is 13.1 Å². The first-order valence-electron chi connectivity index (χ1n) is 5.34. The van der Waals surface area contributed by atoms with Gasteiger partial charge >= 0.3 is 0 Å². The first-order valence-corrected chi connectivity index (χ1v) is 5.34. The molecule has 0 fully saturated rings. The molecule has 0 spiro atoms. The Bertz CT molecular complexity index is 170. The lowest BCUT2D eigenvalue weighted by molar-refractivity contribution is 0.120. The number of rotatable bonds is 6. The van der Waals surface area contributed by atoms with E-state index in [0.717, 1.165) is 19.4 Å². The van der Waals surface area contributed by atoms with Crippen LogP contribution in [0.4, 0.5) is 0 Å². The summed E-state index contributed by atoms with van der Waals surface area (Å²) in [5.41, 5.74) is 1.39. The van der Waals surface area contributed by atoms with Crippen molar-refractivity contribution in [1.82, 2.24) is 5.32 Å². The fourth-order valence-corrected chi connectivity index (χ4v) is 1.35. The summed E-state index contributed by atoms with van der Waals surface area (Å²) in [6.45, 7) is 13.9. The molecule has 0 bridgehead atoms. The van der Waals surface area contributed by atoms with Crippen molar-refractivity contribution in [3.05, 3.63) is 12.2 Å². The van der Waals surface area contributed by atoms with E-state index in [1.54, 1.807) is 0 Å². The molecule has 0 heterocycles. The molecule has 2 nitrogen and oxygen atoms in total. The van der Waals surface area contributed by atoms with Gasteiger partial charge in [-0.25, -0.2) is 0 Å². The number of nitrogens with one attached hydrogen (secondary N) is 1. The Labute approximate surface area is 88.4 Å². The summed E-state index contributed by atoms with van der Waals surface area (Å²) < 4.78 is 0. The Morgan fingerprint density at radius 3 is 2.43 bits per heavy atom. The van der Waals surface area contributed by atoms with Gasteiger partial charge in [0.25, 0.3) is 0 Å². The smallest absolute Gasteiger partial charge is 0.0669 e. The summed E-state index contributed by atoms with van der Waals surface area (Å²) in [6, 6.07) is 0. The van der Waals surface area contributed by atoms with E-state index in [4.69, 9.17) is 0 Å². The lowest BCUT2D eigenvalue weighted by Crippen LogP contribution is -2.30. The van der Waals surface area contributed by atoms with E-state index in [-0.39, 0.29) is 11.5 Å². The van der Waals surface area contributed by atoms with Crippen molar-refractivity contribution >= 4 is 0 Å². The minimum Gasteiger partial charge on any atom is -0.392 e. The fourth-order valence-electron chi connectivity index (χ4n) is 1.35. The van der Waals surface area contributed by atoms with Gasteiger partial charge in [-0.1, -0.05) is 26.3 Å². The highest BCUT2D eigenvalue weighted by Crippen LogP contribution is 2.20. The van der Waals surface area contributed by atoms with Crippen molar-refractivity contribution in [1.29, 1.82) is 0 Å². The molecule has 2 heteroatoms. The van der Waals surface area contributed by atoms with Gasteiger partial charge in [-0.3, -0.25) is 0 Å². The normalized spacial score (nSPS) is 14.1. The molecule has 84 valence electrons. The molecule has 0 saturated heterocycles. The number of aliphatic hydroxyl groups is 1. The van der Waals surface area contributed by atoms with Crippen LogP contribution in [0.3, 0.4) is 0 Å². The Hall–Kier alpha value is -0.340. The molecular weight excluding hydrogens is 174 g/mol. The second kappa shape index (κ2) is 6.20. The second-order valence-corrected chi connectivity index (χ2v) is 5.33. The maximum Gasteiger partial charge on any atom is 0.0669 e. The maximum absolute atomic E-state index is 9.67. The molecule has 0 saturated carbocycles. The summed E-state index contributed by atoms with van der Waals surface area (Å²) in [6.07, 6.45) is 1.59. The van der Waals surface area contributed by atoms with Crippen LogP contribution in [0.15, 0.2) is 12.2 Å². The standard InChI is InChI=1S/C12H25NO/c1-10(2)6-7-13-9-11(14)8-12(3,4)5/h11,13-14H,1,6-9H2,2-5H3. The highest BCUT2D eigenvalue weighted by Gasteiger charge is 2.15. The maximum atomic E-state index is 9.67. The van der Waals surface area contributed by atoms with E-state index in [1.165, 1.54) is 5.57 Å². The van der Waals surface area contributed by atoms with Gasteiger partial charge in [-0.2, -0.15) is 0 Å². The van der Waals surface area contributed by atoms with Crippen LogP contribution in [0.1, 0.15) is 40.5 Å². The number of hydrogen-bond acceptors (Lipinski definition) is 2. The van der Waals surface area contributed by atoms with E-state index in [2.05, 4.69) is 32.7 Å². The zero-order valence-corrected chi connectivity index (χ0v) is 10.1.